The largest absolute Gasteiger partial charge is 0.621 e. The summed E-state index contributed by atoms with van der Waals surface area (Å²) < 4.78 is 14.7. The highest BCUT2D eigenvalue weighted by Crippen LogP contribution is 2.25. The van der Waals surface area contributed by atoms with Crippen LogP contribution in [0, 0.1) is 5.92 Å². The molecule has 2 aliphatic rings. The summed E-state index contributed by atoms with van der Waals surface area (Å²) in [6, 6.07) is 0. The zero-order chi connectivity index (χ0) is 21.1. The Morgan fingerprint density at radius 2 is 1.64 bits per heavy atom. The quantitative estimate of drug-likeness (QED) is 0.454. The van der Waals surface area contributed by atoms with Crippen LogP contribution in [0.3, 0.4) is 0 Å². The topological polar surface area (TPSA) is 102 Å². The summed E-state index contributed by atoms with van der Waals surface area (Å²) in [6.45, 7) is 6.05. The molecule has 0 saturated carbocycles. The normalized spacial score (nSPS) is 21.3. The molecule has 11 heteroatoms. The van der Waals surface area contributed by atoms with Gasteiger partial charge in [-0.25, -0.2) is 4.79 Å². The SMILES string of the molecule is CN1CC(=O)OB([C@@H](Br)C(=O)C2CCN(C(=O)OC(C)(C)C)CC2)OC(=O)C1. The van der Waals surface area contributed by atoms with Crippen LogP contribution in [-0.2, 0) is 28.4 Å². The number of nitrogens with zero attached hydrogens (tertiary/aromatic N) is 2. The summed E-state index contributed by atoms with van der Waals surface area (Å²) in [5.41, 5.74) is -0.579. The Bertz CT molecular complexity index is 611. The first-order valence-electron chi connectivity index (χ1n) is 9.19. The van der Waals surface area contributed by atoms with Gasteiger partial charge in [0.15, 0.2) is 5.78 Å². The second-order valence-corrected chi connectivity index (χ2v) is 9.05. The number of carbonyl (C=O) groups excluding carboxylic acids is 4. The smallest absolute Gasteiger partial charge is 0.497 e. The summed E-state index contributed by atoms with van der Waals surface area (Å²) in [5.74, 6) is -1.70. The molecule has 0 spiro atoms. The number of likely N-dealkylation sites (N-methyl/N-ethyl adjacent to an activating group) is 1. The number of likely N-dealkylation sites (tertiary alicyclic amines) is 1. The Hall–Kier alpha value is -1.62. The molecule has 0 radical (unpaired) electrons. The summed E-state index contributed by atoms with van der Waals surface area (Å²) in [6.07, 6.45) is 0.510. The fourth-order valence-electron chi connectivity index (χ4n) is 3.01. The van der Waals surface area contributed by atoms with Crippen molar-refractivity contribution in [2.75, 3.05) is 33.2 Å². The second-order valence-electron chi connectivity index (χ2n) is 8.07. The van der Waals surface area contributed by atoms with E-state index in [0.717, 1.165) is 0 Å². The Balaban J connectivity index is 1.92. The molecule has 0 unspecified atom stereocenters. The van der Waals surface area contributed by atoms with Crippen LogP contribution in [-0.4, -0.2) is 84.3 Å². The molecular formula is C17H26BBrN2O7. The lowest BCUT2D eigenvalue weighted by molar-refractivity contribution is -0.145. The van der Waals surface area contributed by atoms with Gasteiger partial charge < -0.3 is 18.9 Å². The van der Waals surface area contributed by atoms with E-state index in [4.69, 9.17) is 14.0 Å². The third kappa shape index (κ3) is 6.47. The molecule has 0 aromatic heterocycles. The van der Waals surface area contributed by atoms with Crippen LogP contribution in [0.1, 0.15) is 33.6 Å². The summed E-state index contributed by atoms with van der Waals surface area (Å²) >= 11 is 3.23. The Kier molecular flexibility index (Phi) is 7.49. The summed E-state index contributed by atoms with van der Waals surface area (Å²) in [5, 5.41) is 0. The van der Waals surface area contributed by atoms with Crippen molar-refractivity contribution in [3.63, 3.8) is 0 Å². The standard InChI is InChI=1S/C17H26BBrN2O7/c1-17(2,3)26-16(25)21-7-5-11(6-8-21)14(24)15(19)18-27-12(22)9-20(4)10-13(23)28-18/h11,15H,5-10H2,1-4H3/t15-/m0/s1. The van der Waals surface area contributed by atoms with E-state index in [0.29, 0.717) is 25.9 Å². The fourth-order valence-corrected chi connectivity index (χ4v) is 3.60. The Morgan fingerprint density at radius 3 is 2.11 bits per heavy atom. The maximum absolute atomic E-state index is 12.8. The van der Waals surface area contributed by atoms with E-state index < -0.39 is 35.5 Å². The Labute approximate surface area is 173 Å². The van der Waals surface area contributed by atoms with Gasteiger partial charge in [-0.1, -0.05) is 15.9 Å². The minimum Gasteiger partial charge on any atom is -0.497 e. The number of rotatable bonds is 3. The maximum Gasteiger partial charge on any atom is 0.621 e. The molecule has 0 aromatic carbocycles. The van der Waals surface area contributed by atoms with Crippen LogP contribution in [0.4, 0.5) is 4.79 Å². The van der Waals surface area contributed by atoms with Crippen molar-refractivity contribution < 1.29 is 33.2 Å². The van der Waals surface area contributed by atoms with Gasteiger partial charge in [-0.3, -0.25) is 19.3 Å². The molecule has 2 rings (SSSR count). The minimum absolute atomic E-state index is 0.0617. The number of Topliss-reactive ketones (excluding diaryl/α,β-unsaturated/α-hetero) is 1. The van der Waals surface area contributed by atoms with Crippen molar-refractivity contribution in [3.8, 4) is 0 Å². The van der Waals surface area contributed by atoms with Gasteiger partial charge in [-0.2, -0.15) is 0 Å². The van der Waals surface area contributed by atoms with Crippen molar-refractivity contribution in [3.05, 3.63) is 0 Å². The van der Waals surface area contributed by atoms with Gasteiger partial charge in [0.2, 0.25) is 0 Å². The van der Waals surface area contributed by atoms with E-state index in [2.05, 4.69) is 15.9 Å². The number of carbonyl (C=O) groups is 4. The van der Waals surface area contributed by atoms with E-state index in [1.54, 1.807) is 32.7 Å². The highest BCUT2D eigenvalue weighted by Gasteiger charge is 2.45. The molecular weight excluding hydrogens is 435 g/mol. The number of ether oxygens (including phenoxy) is 1. The van der Waals surface area contributed by atoms with Crippen LogP contribution in [0.5, 0.6) is 0 Å². The van der Waals surface area contributed by atoms with Gasteiger partial charge in [0.1, 0.15) is 10.3 Å². The van der Waals surface area contributed by atoms with E-state index >= 15 is 0 Å². The number of alkyl halides is 1. The van der Waals surface area contributed by atoms with Gasteiger partial charge >= 0.3 is 25.2 Å². The first-order valence-corrected chi connectivity index (χ1v) is 10.1. The number of hydrogen-bond donors (Lipinski definition) is 0. The lowest BCUT2D eigenvalue weighted by atomic mass is 9.76. The molecule has 2 saturated heterocycles. The molecule has 0 aromatic rings. The van der Waals surface area contributed by atoms with Crippen molar-refractivity contribution in [2.24, 2.45) is 5.92 Å². The van der Waals surface area contributed by atoms with E-state index in [1.165, 1.54) is 4.90 Å². The molecule has 0 N–H and O–H groups in total. The molecule has 9 nitrogen and oxygen atoms in total. The second kappa shape index (κ2) is 9.26. The first-order chi connectivity index (χ1) is 13.0. The fraction of sp³-hybridized carbons (Fsp3) is 0.765. The number of hydrogen-bond acceptors (Lipinski definition) is 8. The van der Waals surface area contributed by atoms with Crippen LogP contribution >= 0.6 is 15.9 Å². The lowest BCUT2D eigenvalue weighted by Gasteiger charge is -2.33. The van der Waals surface area contributed by atoms with Gasteiger partial charge in [-0.05, 0) is 40.7 Å². The van der Waals surface area contributed by atoms with Gasteiger partial charge in [0.05, 0.1) is 13.1 Å². The van der Waals surface area contributed by atoms with Gasteiger partial charge in [-0.15, -0.1) is 0 Å². The van der Waals surface area contributed by atoms with Crippen LogP contribution < -0.4 is 0 Å². The first kappa shape index (κ1) is 22.7. The third-order valence-electron chi connectivity index (χ3n) is 4.35. The molecule has 28 heavy (non-hydrogen) atoms. The highest BCUT2D eigenvalue weighted by molar-refractivity contribution is 9.10. The summed E-state index contributed by atoms with van der Waals surface area (Å²) in [4.78, 5) is 51.7. The van der Waals surface area contributed by atoms with Crippen LogP contribution in [0.15, 0.2) is 0 Å². The molecule has 1 amide bonds. The predicted octanol–water partition coefficient (Wildman–Crippen LogP) is 1.03. The number of amides is 1. The number of halogens is 1. The third-order valence-corrected chi connectivity index (χ3v) is 5.24. The van der Waals surface area contributed by atoms with Crippen molar-refractivity contribution in [1.82, 2.24) is 9.80 Å². The van der Waals surface area contributed by atoms with Gasteiger partial charge in [0.25, 0.3) is 0 Å². The van der Waals surface area contributed by atoms with Crippen LogP contribution in [0.2, 0.25) is 0 Å². The van der Waals surface area contributed by atoms with Crippen molar-refractivity contribution in [1.29, 1.82) is 0 Å². The molecule has 0 bridgehead atoms. The van der Waals surface area contributed by atoms with Crippen LogP contribution in [0.25, 0.3) is 0 Å². The average molecular weight is 461 g/mol. The highest BCUT2D eigenvalue weighted by atomic mass is 79.9. The minimum atomic E-state index is -1.30. The van der Waals surface area contributed by atoms with Gasteiger partial charge in [0, 0.05) is 19.0 Å². The molecule has 156 valence electrons. The van der Waals surface area contributed by atoms with E-state index in [-0.39, 0.29) is 24.8 Å². The Morgan fingerprint density at radius 1 is 1.14 bits per heavy atom. The van der Waals surface area contributed by atoms with Crippen molar-refractivity contribution >= 4 is 46.9 Å². The number of piperidine rings is 1. The number of ketones is 1. The predicted molar refractivity (Wildman–Crippen MR) is 104 cm³/mol. The van der Waals surface area contributed by atoms with E-state index in [1.807, 2.05) is 0 Å². The zero-order valence-electron chi connectivity index (χ0n) is 16.6. The molecule has 1 atom stereocenters. The van der Waals surface area contributed by atoms with E-state index in [9.17, 15) is 19.2 Å². The zero-order valence-corrected chi connectivity index (χ0v) is 18.2. The molecule has 0 aliphatic carbocycles. The van der Waals surface area contributed by atoms with Crippen molar-refractivity contribution in [2.45, 2.75) is 43.9 Å². The maximum atomic E-state index is 12.8. The monoisotopic (exact) mass is 460 g/mol. The molecule has 2 aliphatic heterocycles. The molecule has 2 heterocycles. The molecule has 2 fully saturated rings. The lowest BCUT2D eigenvalue weighted by Crippen LogP contribution is -2.50. The summed E-state index contributed by atoms with van der Waals surface area (Å²) in [7, 11) is 0.294. The average Bonchev–Trinajstić information content (AvgIpc) is 2.57.